The molecule has 0 atom stereocenters. The highest BCUT2D eigenvalue weighted by Gasteiger charge is 2.19. The molecule has 0 aromatic heterocycles. The predicted octanol–water partition coefficient (Wildman–Crippen LogP) is 2.50. The van der Waals surface area contributed by atoms with Crippen molar-refractivity contribution in [3.63, 3.8) is 0 Å². The number of hydrogen-bond donors (Lipinski definition) is 1. The zero-order valence-corrected chi connectivity index (χ0v) is 13.2. The predicted molar refractivity (Wildman–Crippen MR) is 81.6 cm³/mol. The van der Waals surface area contributed by atoms with Crippen molar-refractivity contribution in [1.29, 1.82) is 0 Å². The van der Waals surface area contributed by atoms with Gasteiger partial charge < -0.3 is 10.2 Å². The lowest BCUT2D eigenvalue weighted by Gasteiger charge is -2.15. The third-order valence-electron chi connectivity index (χ3n) is 3.37. The number of amides is 2. The first-order valence-corrected chi connectivity index (χ1v) is 7.69. The Labute approximate surface area is 127 Å². The fraction of sp³-hybridized carbons (Fsp3) is 0.467. The van der Waals surface area contributed by atoms with Gasteiger partial charge in [0, 0.05) is 36.1 Å². The SMILES string of the molecule is Cc1cc(Br)cc(C(=O)NCCCN2CCCC2=O)c1. The van der Waals surface area contributed by atoms with Crippen LogP contribution in [0, 0.1) is 6.92 Å². The van der Waals surface area contributed by atoms with Crippen molar-refractivity contribution in [2.75, 3.05) is 19.6 Å². The molecule has 0 saturated carbocycles. The second-order valence-electron chi connectivity index (χ2n) is 5.11. The van der Waals surface area contributed by atoms with E-state index in [1.54, 1.807) is 0 Å². The summed E-state index contributed by atoms with van der Waals surface area (Å²) in [5, 5.41) is 2.89. The van der Waals surface area contributed by atoms with Gasteiger partial charge >= 0.3 is 0 Å². The number of halogens is 1. The normalized spacial score (nSPS) is 14.7. The maximum absolute atomic E-state index is 12.0. The van der Waals surface area contributed by atoms with Gasteiger partial charge in [-0.2, -0.15) is 0 Å². The van der Waals surface area contributed by atoms with Gasteiger partial charge in [0.2, 0.25) is 5.91 Å². The zero-order chi connectivity index (χ0) is 14.5. The van der Waals surface area contributed by atoms with Gasteiger partial charge in [-0.05, 0) is 43.5 Å². The van der Waals surface area contributed by atoms with Crippen molar-refractivity contribution in [3.05, 3.63) is 33.8 Å². The summed E-state index contributed by atoms with van der Waals surface area (Å²) >= 11 is 3.39. The molecule has 2 amide bonds. The van der Waals surface area contributed by atoms with Gasteiger partial charge in [-0.1, -0.05) is 15.9 Å². The van der Waals surface area contributed by atoms with E-state index in [-0.39, 0.29) is 11.8 Å². The molecule has 0 radical (unpaired) electrons. The van der Waals surface area contributed by atoms with E-state index in [0.717, 1.165) is 36.0 Å². The largest absolute Gasteiger partial charge is 0.352 e. The number of carbonyl (C=O) groups excluding carboxylic acids is 2. The van der Waals surface area contributed by atoms with Crippen molar-refractivity contribution in [2.24, 2.45) is 0 Å². The summed E-state index contributed by atoms with van der Waals surface area (Å²) in [7, 11) is 0. The van der Waals surface area contributed by atoms with Crippen LogP contribution in [0.1, 0.15) is 35.2 Å². The second kappa shape index (κ2) is 6.88. The first kappa shape index (κ1) is 15.0. The fourth-order valence-electron chi connectivity index (χ4n) is 2.38. The Balaban J connectivity index is 1.76. The van der Waals surface area contributed by atoms with Crippen LogP contribution in [0.5, 0.6) is 0 Å². The molecule has 0 aliphatic carbocycles. The van der Waals surface area contributed by atoms with Crippen LogP contribution in [0.4, 0.5) is 0 Å². The molecule has 4 nitrogen and oxygen atoms in total. The maximum Gasteiger partial charge on any atom is 0.251 e. The molecule has 1 aromatic carbocycles. The molecular formula is C15H19BrN2O2. The molecule has 108 valence electrons. The monoisotopic (exact) mass is 338 g/mol. The molecule has 1 aliphatic rings. The summed E-state index contributed by atoms with van der Waals surface area (Å²) in [4.78, 5) is 25.3. The Morgan fingerprint density at radius 3 is 2.85 bits per heavy atom. The number of rotatable bonds is 5. The molecule has 20 heavy (non-hydrogen) atoms. The summed E-state index contributed by atoms with van der Waals surface area (Å²) in [6.45, 7) is 4.14. The number of benzene rings is 1. The van der Waals surface area contributed by atoms with Gasteiger partial charge in [-0.3, -0.25) is 9.59 Å². The maximum atomic E-state index is 12.0. The number of aryl methyl sites for hydroxylation is 1. The Bertz CT molecular complexity index is 496. The Kier molecular flexibility index (Phi) is 5.17. The van der Waals surface area contributed by atoms with E-state index in [9.17, 15) is 9.59 Å². The van der Waals surface area contributed by atoms with Crippen LogP contribution in [0.15, 0.2) is 22.7 Å². The molecule has 1 fully saturated rings. The molecule has 1 N–H and O–H groups in total. The Morgan fingerprint density at radius 2 is 2.20 bits per heavy atom. The smallest absolute Gasteiger partial charge is 0.251 e. The standard InChI is InChI=1S/C15H19BrN2O2/c1-11-8-12(10-13(16)9-11)15(20)17-5-3-7-18-6-2-4-14(18)19/h8-10H,2-7H2,1H3,(H,17,20). The van der Waals surface area contributed by atoms with E-state index in [2.05, 4.69) is 21.2 Å². The topological polar surface area (TPSA) is 49.4 Å². The van der Waals surface area contributed by atoms with Crippen molar-refractivity contribution in [1.82, 2.24) is 10.2 Å². The minimum atomic E-state index is -0.0675. The van der Waals surface area contributed by atoms with Crippen LogP contribution < -0.4 is 5.32 Å². The zero-order valence-electron chi connectivity index (χ0n) is 11.6. The summed E-state index contributed by atoms with van der Waals surface area (Å²) in [6, 6.07) is 5.65. The molecule has 1 aliphatic heterocycles. The van der Waals surface area contributed by atoms with Crippen LogP contribution >= 0.6 is 15.9 Å². The highest BCUT2D eigenvalue weighted by Crippen LogP contribution is 2.15. The van der Waals surface area contributed by atoms with E-state index in [4.69, 9.17) is 0 Å². The van der Waals surface area contributed by atoms with E-state index in [1.807, 2.05) is 30.0 Å². The first-order valence-electron chi connectivity index (χ1n) is 6.89. The van der Waals surface area contributed by atoms with Crippen LogP contribution in [0.2, 0.25) is 0 Å². The molecule has 2 rings (SSSR count). The number of nitrogens with one attached hydrogen (secondary N) is 1. The highest BCUT2D eigenvalue weighted by atomic mass is 79.9. The molecule has 1 saturated heterocycles. The first-order chi connectivity index (χ1) is 9.56. The average Bonchev–Trinajstić information content (AvgIpc) is 2.79. The average molecular weight is 339 g/mol. The Hall–Kier alpha value is -1.36. The van der Waals surface area contributed by atoms with Gasteiger partial charge in [0.25, 0.3) is 5.91 Å². The van der Waals surface area contributed by atoms with Gasteiger partial charge in [-0.15, -0.1) is 0 Å². The number of nitrogens with zero attached hydrogens (tertiary/aromatic N) is 1. The third kappa shape index (κ3) is 4.07. The summed E-state index contributed by atoms with van der Waals surface area (Å²) in [5.74, 6) is 0.168. The molecule has 0 bridgehead atoms. The molecule has 1 heterocycles. The van der Waals surface area contributed by atoms with Crippen molar-refractivity contribution >= 4 is 27.7 Å². The lowest BCUT2D eigenvalue weighted by atomic mass is 10.1. The van der Waals surface area contributed by atoms with E-state index >= 15 is 0 Å². The van der Waals surface area contributed by atoms with Crippen LogP contribution in [0.25, 0.3) is 0 Å². The summed E-state index contributed by atoms with van der Waals surface area (Å²) in [6.07, 6.45) is 2.43. The number of hydrogen-bond acceptors (Lipinski definition) is 2. The van der Waals surface area contributed by atoms with Crippen LogP contribution in [-0.4, -0.2) is 36.3 Å². The fourth-order valence-corrected chi connectivity index (χ4v) is 2.99. The lowest BCUT2D eigenvalue weighted by molar-refractivity contribution is -0.127. The molecular weight excluding hydrogens is 320 g/mol. The van der Waals surface area contributed by atoms with Gasteiger partial charge in [0.15, 0.2) is 0 Å². The molecule has 5 heteroatoms. The summed E-state index contributed by atoms with van der Waals surface area (Å²) in [5.41, 5.74) is 1.71. The van der Waals surface area contributed by atoms with Gasteiger partial charge in [0.1, 0.15) is 0 Å². The molecule has 0 unspecified atom stereocenters. The lowest BCUT2D eigenvalue weighted by Crippen LogP contribution is -2.30. The van der Waals surface area contributed by atoms with Crippen LogP contribution in [0.3, 0.4) is 0 Å². The van der Waals surface area contributed by atoms with E-state index < -0.39 is 0 Å². The van der Waals surface area contributed by atoms with Crippen molar-refractivity contribution in [2.45, 2.75) is 26.2 Å². The van der Waals surface area contributed by atoms with Crippen molar-refractivity contribution in [3.8, 4) is 0 Å². The summed E-state index contributed by atoms with van der Waals surface area (Å²) < 4.78 is 0.908. The number of carbonyl (C=O) groups is 2. The molecule has 0 spiro atoms. The number of likely N-dealkylation sites (tertiary alicyclic amines) is 1. The van der Waals surface area contributed by atoms with Crippen LogP contribution in [-0.2, 0) is 4.79 Å². The van der Waals surface area contributed by atoms with Crippen molar-refractivity contribution < 1.29 is 9.59 Å². The Morgan fingerprint density at radius 1 is 1.40 bits per heavy atom. The minimum absolute atomic E-state index is 0.0675. The quantitative estimate of drug-likeness (QED) is 0.838. The minimum Gasteiger partial charge on any atom is -0.352 e. The van der Waals surface area contributed by atoms with Gasteiger partial charge in [-0.25, -0.2) is 0 Å². The molecule has 1 aromatic rings. The van der Waals surface area contributed by atoms with E-state index in [0.29, 0.717) is 18.5 Å². The van der Waals surface area contributed by atoms with E-state index in [1.165, 1.54) is 0 Å². The second-order valence-corrected chi connectivity index (χ2v) is 6.03. The van der Waals surface area contributed by atoms with Gasteiger partial charge in [0.05, 0.1) is 0 Å². The third-order valence-corrected chi connectivity index (χ3v) is 3.82. The highest BCUT2D eigenvalue weighted by molar-refractivity contribution is 9.10.